The summed E-state index contributed by atoms with van der Waals surface area (Å²) in [4.78, 5) is 18.1. The summed E-state index contributed by atoms with van der Waals surface area (Å²) in [6.07, 6.45) is 0. The van der Waals surface area contributed by atoms with Crippen LogP contribution in [0.15, 0.2) is 77.3 Å². The Balaban J connectivity index is 1.73. The van der Waals surface area contributed by atoms with E-state index in [9.17, 15) is 4.79 Å². The van der Waals surface area contributed by atoms with Gasteiger partial charge >= 0.3 is 0 Å². The minimum atomic E-state index is -0.164. The monoisotopic (exact) mass is 506 g/mol. The number of rotatable bonds is 4. The number of carbonyl (C=O) groups excluding carboxylic acids is 1. The summed E-state index contributed by atoms with van der Waals surface area (Å²) in [7, 11) is 0. The molecule has 0 radical (unpaired) electrons. The van der Waals surface area contributed by atoms with Crippen molar-refractivity contribution in [2.24, 2.45) is 0 Å². The van der Waals surface area contributed by atoms with Gasteiger partial charge in [0.1, 0.15) is 0 Å². The van der Waals surface area contributed by atoms with E-state index < -0.39 is 0 Å². The second-order valence-corrected chi connectivity index (χ2v) is 10.1. The zero-order chi connectivity index (χ0) is 22.9. The van der Waals surface area contributed by atoms with E-state index in [1.165, 1.54) is 5.56 Å². The highest BCUT2D eigenvalue weighted by Crippen LogP contribution is 2.29. The zero-order valence-electron chi connectivity index (χ0n) is 18.2. The molecule has 0 spiro atoms. The predicted octanol–water partition coefficient (Wildman–Crippen LogP) is 7.55. The van der Waals surface area contributed by atoms with Gasteiger partial charge in [0.15, 0.2) is 0 Å². The summed E-state index contributed by atoms with van der Waals surface area (Å²) in [6, 6.07) is 23.6. The number of hydrogen-bond acceptors (Lipinski definition) is 2. The maximum absolute atomic E-state index is 13.2. The summed E-state index contributed by atoms with van der Waals surface area (Å²) >= 11 is 9.77. The van der Waals surface area contributed by atoms with Crippen LogP contribution in [0.4, 0.5) is 0 Å². The lowest BCUT2D eigenvalue weighted by molar-refractivity contribution is 0.0952. The normalized spacial score (nSPS) is 11.5. The number of fused-ring (bicyclic) bond motifs is 1. The van der Waals surface area contributed by atoms with E-state index in [0.29, 0.717) is 17.1 Å². The number of nitrogens with zero attached hydrogens (tertiary/aromatic N) is 1. The van der Waals surface area contributed by atoms with Crippen molar-refractivity contribution in [3.05, 3.63) is 99.0 Å². The van der Waals surface area contributed by atoms with Crippen LogP contribution < -0.4 is 5.32 Å². The van der Waals surface area contributed by atoms with E-state index in [1.54, 1.807) is 0 Å². The second kappa shape index (κ2) is 9.05. The third kappa shape index (κ3) is 4.87. The first kappa shape index (κ1) is 22.5. The van der Waals surface area contributed by atoms with Gasteiger partial charge in [0.25, 0.3) is 5.91 Å². The highest BCUT2D eigenvalue weighted by Gasteiger charge is 2.17. The van der Waals surface area contributed by atoms with Gasteiger partial charge in [-0.05, 0) is 46.9 Å². The number of aromatic nitrogens is 1. The van der Waals surface area contributed by atoms with Crippen LogP contribution >= 0.6 is 27.5 Å². The first-order valence-corrected chi connectivity index (χ1v) is 11.6. The molecule has 0 atom stereocenters. The molecule has 32 heavy (non-hydrogen) atoms. The van der Waals surface area contributed by atoms with Crippen molar-refractivity contribution >= 4 is 44.3 Å². The zero-order valence-corrected chi connectivity index (χ0v) is 20.6. The van der Waals surface area contributed by atoms with Gasteiger partial charge < -0.3 is 5.32 Å². The molecular formula is C27H24BrClN2O. The molecule has 1 heterocycles. The number of nitrogens with one attached hydrogen (secondary N) is 1. The van der Waals surface area contributed by atoms with Crippen molar-refractivity contribution in [2.75, 3.05) is 0 Å². The van der Waals surface area contributed by atoms with Crippen molar-refractivity contribution in [2.45, 2.75) is 32.7 Å². The molecule has 0 saturated heterocycles. The van der Waals surface area contributed by atoms with Crippen molar-refractivity contribution in [1.82, 2.24) is 10.3 Å². The molecule has 0 bridgehead atoms. The Labute approximate surface area is 202 Å². The fourth-order valence-corrected chi connectivity index (χ4v) is 4.15. The molecule has 0 aliphatic rings. The van der Waals surface area contributed by atoms with Crippen molar-refractivity contribution in [3.63, 3.8) is 0 Å². The lowest BCUT2D eigenvalue weighted by Gasteiger charge is -2.19. The number of benzene rings is 3. The van der Waals surface area contributed by atoms with Crippen molar-refractivity contribution in [3.8, 4) is 11.3 Å². The van der Waals surface area contributed by atoms with Crippen LogP contribution in [0.5, 0.6) is 0 Å². The standard InChI is InChI=1S/C27H24BrClN2O/c1-27(2,3)19-10-8-17(9-11-19)25-15-22(21-14-20(28)12-13-24(21)31-25)26(32)30-16-18-6-4-5-7-23(18)29/h4-15H,16H2,1-3H3,(H,30,32). The van der Waals surface area contributed by atoms with Gasteiger partial charge in [-0.2, -0.15) is 0 Å². The SMILES string of the molecule is CC(C)(C)c1ccc(-c2cc(C(=O)NCc3ccccc3Cl)c3cc(Br)ccc3n2)cc1. The van der Waals surface area contributed by atoms with Crippen molar-refractivity contribution < 1.29 is 4.79 Å². The van der Waals surface area contributed by atoms with Gasteiger partial charge in [-0.15, -0.1) is 0 Å². The van der Waals surface area contributed by atoms with E-state index in [2.05, 4.69) is 66.3 Å². The van der Waals surface area contributed by atoms with Gasteiger partial charge in [-0.1, -0.05) is 90.8 Å². The van der Waals surface area contributed by atoms with Crippen LogP contribution in [0, 0.1) is 0 Å². The van der Waals surface area contributed by atoms with E-state index in [1.807, 2.05) is 48.5 Å². The maximum Gasteiger partial charge on any atom is 0.252 e. The van der Waals surface area contributed by atoms with E-state index in [4.69, 9.17) is 16.6 Å². The number of hydrogen-bond donors (Lipinski definition) is 1. The topological polar surface area (TPSA) is 42.0 Å². The van der Waals surface area contributed by atoms with Crippen LogP contribution in [0.3, 0.4) is 0 Å². The quantitative estimate of drug-likeness (QED) is 0.310. The van der Waals surface area contributed by atoms with Crippen LogP contribution in [0.25, 0.3) is 22.2 Å². The average molecular weight is 508 g/mol. The summed E-state index contributed by atoms with van der Waals surface area (Å²) in [5.41, 5.74) is 5.30. The molecular weight excluding hydrogens is 484 g/mol. The van der Waals surface area contributed by atoms with Gasteiger partial charge in [-0.3, -0.25) is 4.79 Å². The van der Waals surface area contributed by atoms with Crippen LogP contribution in [-0.4, -0.2) is 10.9 Å². The fraction of sp³-hybridized carbons (Fsp3) is 0.185. The molecule has 5 heteroatoms. The largest absolute Gasteiger partial charge is 0.348 e. The summed E-state index contributed by atoms with van der Waals surface area (Å²) in [5.74, 6) is -0.164. The van der Waals surface area contributed by atoms with Gasteiger partial charge in [0, 0.05) is 27.0 Å². The average Bonchev–Trinajstić information content (AvgIpc) is 2.77. The molecule has 0 aliphatic carbocycles. The van der Waals surface area contributed by atoms with E-state index >= 15 is 0 Å². The lowest BCUT2D eigenvalue weighted by Crippen LogP contribution is -2.23. The minimum absolute atomic E-state index is 0.0748. The molecule has 3 nitrogen and oxygen atoms in total. The highest BCUT2D eigenvalue weighted by atomic mass is 79.9. The highest BCUT2D eigenvalue weighted by molar-refractivity contribution is 9.10. The molecule has 162 valence electrons. The Morgan fingerprint density at radius 2 is 1.72 bits per heavy atom. The van der Waals surface area contributed by atoms with E-state index in [-0.39, 0.29) is 11.3 Å². The second-order valence-electron chi connectivity index (χ2n) is 8.82. The molecule has 4 rings (SSSR count). The Kier molecular flexibility index (Phi) is 6.36. The Morgan fingerprint density at radius 3 is 2.41 bits per heavy atom. The van der Waals surface area contributed by atoms with Crippen molar-refractivity contribution in [1.29, 1.82) is 0 Å². The molecule has 0 aliphatic heterocycles. The Hall–Kier alpha value is -2.69. The fourth-order valence-electron chi connectivity index (χ4n) is 3.59. The Morgan fingerprint density at radius 1 is 1.00 bits per heavy atom. The summed E-state index contributed by atoms with van der Waals surface area (Å²) < 4.78 is 0.897. The third-order valence-electron chi connectivity index (χ3n) is 5.46. The number of carbonyl (C=O) groups is 1. The molecule has 0 unspecified atom stereocenters. The number of amides is 1. The molecule has 3 aromatic carbocycles. The van der Waals surface area contributed by atoms with Gasteiger partial charge in [0.05, 0.1) is 16.8 Å². The minimum Gasteiger partial charge on any atom is -0.348 e. The molecule has 0 fully saturated rings. The Bertz CT molecular complexity index is 1290. The molecule has 0 saturated carbocycles. The maximum atomic E-state index is 13.2. The molecule has 1 aromatic heterocycles. The van der Waals surface area contributed by atoms with E-state index in [0.717, 1.165) is 32.2 Å². The predicted molar refractivity (Wildman–Crippen MR) is 136 cm³/mol. The lowest BCUT2D eigenvalue weighted by atomic mass is 9.86. The summed E-state index contributed by atoms with van der Waals surface area (Å²) in [5, 5.41) is 4.44. The summed E-state index contributed by atoms with van der Waals surface area (Å²) in [6.45, 7) is 6.92. The number of pyridine rings is 1. The molecule has 4 aromatic rings. The molecule has 1 amide bonds. The first-order valence-electron chi connectivity index (χ1n) is 10.5. The smallest absolute Gasteiger partial charge is 0.252 e. The first-order chi connectivity index (χ1) is 15.2. The van der Waals surface area contributed by atoms with Crippen LogP contribution in [-0.2, 0) is 12.0 Å². The number of halogens is 2. The molecule has 1 N–H and O–H groups in total. The van der Waals surface area contributed by atoms with Crippen LogP contribution in [0.1, 0.15) is 42.3 Å². The third-order valence-corrected chi connectivity index (χ3v) is 6.32. The van der Waals surface area contributed by atoms with Crippen LogP contribution in [0.2, 0.25) is 5.02 Å². The van der Waals surface area contributed by atoms with Gasteiger partial charge in [-0.25, -0.2) is 4.98 Å². The van der Waals surface area contributed by atoms with Gasteiger partial charge in [0.2, 0.25) is 0 Å².